The molecule has 1 aromatic rings. The molecule has 0 radical (unpaired) electrons. The lowest BCUT2D eigenvalue weighted by Gasteiger charge is -2.41. The van der Waals surface area contributed by atoms with Gasteiger partial charge in [-0.1, -0.05) is 6.07 Å². The first kappa shape index (κ1) is 12.0. The van der Waals surface area contributed by atoms with Crippen LogP contribution in [0.1, 0.15) is 31.4 Å². The van der Waals surface area contributed by atoms with Crippen LogP contribution in [-0.2, 0) is 11.2 Å². The van der Waals surface area contributed by atoms with Crippen LogP contribution in [0, 0.1) is 0 Å². The molecular formula is C13H18N2O2. The van der Waals surface area contributed by atoms with E-state index in [0.29, 0.717) is 12.8 Å². The van der Waals surface area contributed by atoms with Crippen molar-refractivity contribution >= 4 is 5.91 Å². The zero-order chi connectivity index (χ0) is 12.1. The summed E-state index contributed by atoms with van der Waals surface area (Å²) >= 11 is 0. The van der Waals surface area contributed by atoms with Gasteiger partial charge in [-0.15, -0.1) is 0 Å². The second kappa shape index (κ2) is 5.27. The Morgan fingerprint density at radius 3 is 2.82 bits per heavy atom. The number of pyridine rings is 1. The first-order valence-corrected chi connectivity index (χ1v) is 6.06. The van der Waals surface area contributed by atoms with Crippen molar-refractivity contribution in [3.05, 3.63) is 30.1 Å². The van der Waals surface area contributed by atoms with Crippen molar-refractivity contribution in [2.75, 3.05) is 6.61 Å². The molecule has 1 amide bonds. The Morgan fingerprint density at radius 1 is 1.47 bits per heavy atom. The van der Waals surface area contributed by atoms with Crippen LogP contribution in [0.5, 0.6) is 0 Å². The zero-order valence-electron chi connectivity index (χ0n) is 9.85. The summed E-state index contributed by atoms with van der Waals surface area (Å²) in [7, 11) is 0. The number of hydrogen-bond donors (Lipinski definition) is 2. The number of hydrogen-bond acceptors (Lipinski definition) is 3. The minimum atomic E-state index is -0.332. The summed E-state index contributed by atoms with van der Waals surface area (Å²) in [5.74, 6) is 0.00408. The van der Waals surface area contributed by atoms with Crippen LogP contribution in [0.15, 0.2) is 24.4 Å². The molecule has 17 heavy (non-hydrogen) atoms. The number of amides is 1. The lowest BCUT2D eigenvalue weighted by Crippen LogP contribution is -2.56. The van der Waals surface area contributed by atoms with Gasteiger partial charge in [0, 0.05) is 18.3 Å². The fraction of sp³-hybridized carbons (Fsp3) is 0.538. The van der Waals surface area contributed by atoms with Gasteiger partial charge in [-0.25, -0.2) is 0 Å². The molecule has 0 bridgehead atoms. The number of aliphatic hydroxyl groups excluding tert-OH is 1. The van der Waals surface area contributed by atoms with Gasteiger partial charge in [-0.3, -0.25) is 9.78 Å². The Bertz CT molecular complexity index is 369. The first-order valence-electron chi connectivity index (χ1n) is 6.06. The quantitative estimate of drug-likeness (QED) is 0.800. The average Bonchev–Trinajstić information content (AvgIpc) is 2.33. The summed E-state index contributed by atoms with van der Waals surface area (Å²) in [6.45, 7) is 0.0440. The van der Waals surface area contributed by atoms with Gasteiger partial charge in [0.25, 0.3) is 0 Å². The molecule has 4 heteroatoms. The lowest BCUT2D eigenvalue weighted by atomic mass is 9.77. The third kappa shape index (κ3) is 3.03. The minimum absolute atomic E-state index is 0.00408. The fourth-order valence-corrected chi connectivity index (χ4v) is 2.07. The van der Waals surface area contributed by atoms with Crippen molar-refractivity contribution in [3.63, 3.8) is 0 Å². The molecule has 0 unspecified atom stereocenters. The molecule has 1 aliphatic carbocycles. The third-order valence-corrected chi connectivity index (χ3v) is 3.35. The molecule has 0 aromatic carbocycles. The minimum Gasteiger partial charge on any atom is -0.394 e. The predicted octanol–water partition coefficient (Wildman–Crippen LogP) is 1.05. The molecule has 92 valence electrons. The van der Waals surface area contributed by atoms with Gasteiger partial charge in [0.1, 0.15) is 0 Å². The van der Waals surface area contributed by atoms with E-state index in [1.807, 2.05) is 18.2 Å². The van der Waals surface area contributed by atoms with E-state index in [1.54, 1.807) is 6.20 Å². The molecule has 0 aliphatic heterocycles. The van der Waals surface area contributed by atoms with Crippen LogP contribution in [-0.4, -0.2) is 28.1 Å². The van der Waals surface area contributed by atoms with Gasteiger partial charge in [0.2, 0.25) is 5.91 Å². The number of nitrogens with one attached hydrogen (secondary N) is 1. The molecule has 0 spiro atoms. The highest BCUT2D eigenvalue weighted by Crippen LogP contribution is 2.31. The molecule has 1 aliphatic rings. The summed E-state index contributed by atoms with van der Waals surface area (Å²) in [4.78, 5) is 15.9. The Morgan fingerprint density at radius 2 is 2.29 bits per heavy atom. The molecule has 0 atom stereocenters. The molecule has 2 rings (SSSR count). The van der Waals surface area contributed by atoms with E-state index in [9.17, 15) is 9.90 Å². The molecule has 2 N–H and O–H groups in total. The van der Waals surface area contributed by atoms with E-state index in [2.05, 4.69) is 10.3 Å². The molecule has 1 saturated carbocycles. The van der Waals surface area contributed by atoms with Gasteiger partial charge in [-0.2, -0.15) is 0 Å². The van der Waals surface area contributed by atoms with Crippen molar-refractivity contribution in [2.45, 2.75) is 37.6 Å². The van der Waals surface area contributed by atoms with Gasteiger partial charge in [-0.05, 0) is 37.8 Å². The van der Waals surface area contributed by atoms with Crippen molar-refractivity contribution in [1.82, 2.24) is 10.3 Å². The number of carbonyl (C=O) groups is 1. The Labute approximate surface area is 101 Å². The number of aryl methyl sites for hydroxylation is 1. The van der Waals surface area contributed by atoms with Gasteiger partial charge in [0.15, 0.2) is 0 Å². The number of rotatable bonds is 5. The predicted molar refractivity (Wildman–Crippen MR) is 64.4 cm³/mol. The Balaban J connectivity index is 1.78. The van der Waals surface area contributed by atoms with Crippen LogP contribution in [0.3, 0.4) is 0 Å². The molecule has 1 fully saturated rings. The third-order valence-electron chi connectivity index (χ3n) is 3.35. The van der Waals surface area contributed by atoms with E-state index < -0.39 is 0 Å². The standard InChI is InChI=1S/C13H18N2O2/c16-10-13(7-3-8-13)15-12(17)6-5-11-4-1-2-9-14-11/h1-2,4,9,16H,3,5-8,10H2,(H,15,17). The highest BCUT2D eigenvalue weighted by Gasteiger charge is 2.37. The number of nitrogens with zero attached hydrogens (tertiary/aromatic N) is 1. The summed E-state index contributed by atoms with van der Waals surface area (Å²) in [5.41, 5.74) is 0.593. The highest BCUT2D eigenvalue weighted by atomic mass is 16.3. The Hall–Kier alpha value is -1.42. The van der Waals surface area contributed by atoms with Gasteiger partial charge < -0.3 is 10.4 Å². The maximum Gasteiger partial charge on any atom is 0.220 e. The monoisotopic (exact) mass is 234 g/mol. The SMILES string of the molecule is O=C(CCc1ccccn1)NC1(CO)CCC1. The molecule has 4 nitrogen and oxygen atoms in total. The van der Waals surface area contributed by atoms with Crippen LogP contribution in [0.2, 0.25) is 0 Å². The highest BCUT2D eigenvalue weighted by molar-refractivity contribution is 5.77. The van der Waals surface area contributed by atoms with E-state index >= 15 is 0 Å². The maximum atomic E-state index is 11.7. The first-order chi connectivity index (χ1) is 8.24. The van der Waals surface area contributed by atoms with Crippen LogP contribution < -0.4 is 5.32 Å². The number of aliphatic hydroxyl groups is 1. The number of carbonyl (C=O) groups excluding carboxylic acids is 1. The van der Waals surface area contributed by atoms with Crippen molar-refractivity contribution in [2.24, 2.45) is 0 Å². The fourth-order valence-electron chi connectivity index (χ4n) is 2.07. The largest absolute Gasteiger partial charge is 0.394 e. The Kier molecular flexibility index (Phi) is 3.74. The lowest BCUT2D eigenvalue weighted by molar-refractivity contribution is -0.125. The summed E-state index contributed by atoms with van der Waals surface area (Å²) in [5, 5.41) is 12.2. The maximum absolute atomic E-state index is 11.7. The van der Waals surface area contributed by atoms with E-state index in [4.69, 9.17) is 0 Å². The summed E-state index contributed by atoms with van der Waals surface area (Å²) in [6.07, 6.45) is 5.67. The van der Waals surface area contributed by atoms with Gasteiger partial charge >= 0.3 is 0 Å². The number of aromatic nitrogens is 1. The smallest absolute Gasteiger partial charge is 0.220 e. The normalized spacial score (nSPS) is 17.2. The average molecular weight is 234 g/mol. The van der Waals surface area contributed by atoms with E-state index in [0.717, 1.165) is 25.0 Å². The van der Waals surface area contributed by atoms with Crippen LogP contribution in [0.4, 0.5) is 0 Å². The van der Waals surface area contributed by atoms with E-state index in [-0.39, 0.29) is 18.1 Å². The molecular weight excluding hydrogens is 216 g/mol. The van der Waals surface area contributed by atoms with Crippen molar-refractivity contribution in [3.8, 4) is 0 Å². The summed E-state index contributed by atoms with van der Waals surface area (Å²) in [6, 6.07) is 5.69. The summed E-state index contributed by atoms with van der Waals surface area (Å²) < 4.78 is 0. The zero-order valence-corrected chi connectivity index (χ0v) is 9.85. The van der Waals surface area contributed by atoms with Gasteiger partial charge in [0.05, 0.1) is 12.1 Å². The van der Waals surface area contributed by atoms with Crippen LogP contribution >= 0.6 is 0 Å². The van der Waals surface area contributed by atoms with E-state index in [1.165, 1.54) is 0 Å². The molecule has 1 aromatic heterocycles. The topological polar surface area (TPSA) is 62.2 Å². The van der Waals surface area contributed by atoms with Crippen LogP contribution in [0.25, 0.3) is 0 Å². The second-order valence-corrected chi connectivity index (χ2v) is 4.66. The molecule has 0 saturated heterocycles. The molecule has 1 heterocycles. The second-order valence-electron chi connectivity index (χ2n) is 4.66. The van der Waals surface area contributed by atoms with Crippen molar-refractivity contribution < 1.29 is 9.90 Å². The van der Waals surface area contributed by atoms with Crippen molar-refractivity contribution in [1.29, 1.82) is 0 Å².